The summed E-state index contributed by atoms with van der Waals surface area (Å²) in [5, 5.41) is 0. The molecule has 2 atom stereocenters. The van der Waals surface area contributed by atoms with Gasteiger partial charge < -0.3 is 9.80 Å². The Morgan fingerprint density at radius 1 is 1.18 bits per heavy atom. The quantitative estimate of drug-likeness (QED) is 0.767. The molecule has 0 aromatic carbocycles. The molecular weight excluding hydrogens is 300 g/mol. The summed E-state index contributed by atoms with van der Waals surface area (Å²) in [5.74, 6) is 0.800. The Morgan fingerprint density at radius 2 is 1.86 bits per heavy atom. The van der Waals surface area contributed by atoms with E-state index in [1.165, 1.54) is 0 Å². The molecule has 0 bridgehead atoms. The monoisotopic (exact) mass is 332 g/mol. The Balaban J connectivity index is 1.73. The molecule has 0 aliphatic carbocycles. The number of rotatable bonds is 6. The molecule has 0 spiro atoms. The summed E-state index contributed by atoms with van der Waals surface area (Å²) in [5.41, 5.74) is 0. The van der Waals surface area contributed by atoms with Gasteiger partial charge in [-0.25, -0.2) is 4.72 Å². The zero-order chi connectivity index (χ0) is 16.2. The lowest BCUT2D eigenvalue weighted by molar-refractivity contribution is 0.139. The van der Waals surface area contributed by atoms with Crippen molar-refractivity contribution in [2.24, 2.45) is 11.8 Å². The molecule has 2 aliphatic rings. The summed E-state index contributed by atoms with van der Waals surface area (Å²) in [7, 11) is -1.16. The van der Waals surface area contributed by atoms with Gasteiger partial charge in [-0.3, -0.25) is 0 Å². The fraction of sp³-hybridized carbons (Fsp3) is 1.00. The first-order chi connectivity index (χ1) is 10.4. The second-order valence-corrected chi connectivity index (χ2v) is 8.92. The first-order valence-electron chi connectivity index (χ1n) is 8.52. The van der Waals surface area contributed by atoms with E-state index in [-0.39, 0.29) is 0 Å². The number of nitrogens with one attached hydrogen (secondary N) is 1. The minimum atomic E-state index is -3.30. The SMILES string of the molecule is CC(CNS(=O)(=O)N1CCCC(C)C1)CN1CCN(C)CC1. The Hall–Kier alpha value is -0.210. The van der Waals surface area contributed by atoms with Gasteiger partial charge in [0, 0.05) is 52.4 Å². The largest absolute Gasteiger partial charge is 0.304 e. The molecule has 2 heterocycles. The maximum atomic E-state index is 12.4. The molecule has 0 radical (unpaired) electrons. The molecule has 0 aromatic rings. The van der Waals surface area contributed by atoms with Crippen LogP contribution in [-0.2, 0) is 10.2 Å². The number of piperazine rings is 1. The van der Waals surface area contributed by atoms with Crippen molar-refractivity contribution in [1.82, 2.24) is 18.8 Å². The van der Waals surface area contributed by atoms with Crippen LogP contribution in [0, 0.1) is 11.8 Å². The van der Waals surface area contributed by atoms with Crippen LogP contribution in [-0.4, -0.2) is 81.9 Å². The lowest BCUT2D eigenvalue weighted by atomic mass is 10.0. The summed E-state index contributed by atoms with van der Waals surface area (Å²) in [6.45, 7) is 11.4. The molecule has 2 fully saturated rings. The van der Waals surface area contributed by atoms with Crippen LogP contribution in [0.1, 0.15) is 26.7 Å². The molecule has 0 saturated carbocycles. The summed E-state index contributed by atoms with van der Waals surface area (Å²) in [6, 6.07) is 0. The number of nitrogens with zero attached hydrogens (tertiary/aromatic N) is 3. The van der Waals surface area contributed by atoms with Crippen molar-refractivity contribution in [3.8, 4) is 0 Å². The van der Waals surface area contributed by atoms with E-state index < -0.39 is 10.2 Å². The van der Waals surface area contributed by atoms with E-state index >= 15 is 0 Å². The van der Waals surface area contributed by atoms with Crippen molar-refractivity contribution >= 4 is 10.2 Å². The summed E-state index contributed by atoms with van der Waals surface area (Å²) >= 11 is 0. The van der Waals surface area contributed by atoms with Crippen LogP contribution in [0.3, 0.4) is 0 Å². The van der Waals surface area contributed by atoms with Crippen LogP contribution in [0.25, 0.3) is 0 Å². The maximum Gasteiger partial charge on any atom is 0.279 e. The van der Waals surface area contributed by atoms with E-state index in [1.807, 2.05) is 0 Å². The highest BCUT2D eigenvalue weighted by Gasteiger charge is 2.27. The van der Waals surface area contributed by atoms with E-state index in [1.54, 1.807) is 4.31 Å². The molecule has 2 aliphatic heterocycles. The molecule has 22 heavy (non-hydrogen) atoms. The number of hydrogen-bond donors (Lipinski definition) is 1. The lowest BCUT2D eigenvalue weighted by Crippen LogP contribution is -2.49. The van der Waals surface area contributed by atoms with Gasteiger partial charge >= 0.3 is 0 Å². The van der Waals surface area contributed by atoms with Crippen molar-refractivity contribution in [2.75, 3.05) is 59.4 Å². The van der Waals surface area contributed by atoms with Crippen molar-refractivity contribution in [1.29, 1.82) is 0 Å². The highest BCUT2D eigenvalue weighted by Crippen LogP contribution is 2.17. The highest BCUT2D eigenvalue weighted by atomic mass is 32.2. The average molecular weight is 333 g/mol. The third kappa shape index (κ3) is 5.45. The van der Waals surface area contributed by atoms with Gasteiger partial charge in [-0.1, -0.05) is 13.8 Å². The number of hydrogen-bond acceptors (Lipinski definition) is 4. The molecular formula is C15H32N4O2S. The van der Waals surface area contributed by atoms with Crippen LogP contribution in [0.15, 0.2) is 0 Å². The first kappa shape index (κ1) is 18.1. The number of piperidine rings is 1. The van der Waals surface area contributed by atoms with Crippen molar-refractivity contribution < 1.29 is 8.42 Å². The third-order valence-electron chi connectivity index (χ3n) is 4.74. The minimum absolute atomic E-state index is 0.334. The van der Waals surface area contributed by atoms with Crippen molar-refractivity contribution in [2.45, 2.75) is 26.7 Å². The fourth-order valence-corrected chi connectivity index (χ4v) is 4.74. The Kier molecular flexibility index (Phi) is 6.64. The van der Waals surface area contributed by atoms with E-state index in [9.17, 15) is 8.42 Å². The fourth-order valence-electron chi connectivity index (χ4n) is 3.24. The van der Waals surface area contributed by atoms with Gasteiger partial charge in [0.15, 0.2) is 0 Å². The highest BCUT2D eigenvalue weighted by molar-refractivity contribution is 7.87. The average Bonchev–Trinajstić information content (AvgIpc) is 2.48. The molecule has 2 rings (SSSR count). The molecule has 2 saturated heterocycles. The predicted molar refractivity (Wildman–Crippen MR) is 90.0 cm³/mol. The molecule has 7 heteroatoms. The zero-order valence-corrected chi connectivity index (χ0v) is 15.1. The van der Waals surface area contributed by atoms with Crippen LogP contribution < -0.4 is 4.72 Å². The predicted octanol–water partition coefficient (Wildman–Crippen LogP) is 0.436. The molecule has 0 aromatic heterocycles. The Bertz CT molecular complexity index is 435. The van der Waals surface area contributed by atoms with E-state index in [2.05, 4.69) is 35.4 Å². The summed E-state index contributed by atoms with van der Waals surface area (Å²) in [4.78, 5) is 4.77. The normalized spacial score (nSPS) is 27.9. The van der Waals surface area contributed by atoms with Crippen molar-refractivity contribution in [3.63, 3.8) is 0 Å². The van der Waals surface area contributed by atoms with Gasteiger partial charge in [0.1, 0.15) is 0 Å². The number of likely N-dealkylation sites (N-methyl/N-ethyl adjacent to an activating group) is 1. The van der Waals surface area contributed by atoms with Gasteiger partial charge in [0.05, 0.1) is 0 Å². The second kappa shape index (κ2) is 8.06. The van der Waals surface area contributed by atoms with Crippen LogP contribution in [0.4, 0.5) is 0 Å². The molecule has 130 valence electrons. The van der Waals surface area contributed by atoms with Crippen molar-refractivity contribution in [3.05, 3.63) is 0 Å². The summed E-state index contributed by atoms with van der Waals surface area (Å²) < 4.78 is 29.2. The summed E-state index contributed by atoms with van der Waals surface area (Å²) in [6.07, 6.45) is 2.10. The lowest BCUT2D eigenvalue weighted by Gasteiger charge is -2.34. The third-order valence-corrected chi connectivity index (χ3v) is 6.28. The minimum Gasteiger partial charge on any atom is -0.304 e. The first-order valence-corrected chi connectivity index (χ1v) is 9.96. The van der Waals surface area contributed by atoms with E-state index in [0.717, 1.165) is 45.6 Å². The van der Waals surface area contributed by atoms with Crippen LogP contribution in [0.2, 0.25) is 0 Å². The van der Waals surface area contributed by atoms with E-state index in [4.69, 9.17) is 0 Å². The standard InChI is InChI=1S/C15H32N4O2S/c1-14-5-4-6-19(13-14)22(20,21)16-11-15(2)12-18-9-7-17(3)8-10-18/h14-16H,4-13H2,1-3H3. The molecule has 2 unspecified atom stereocenters. The second-order valence-electron chi connectivity index (χ2n) is 7.17. The zero-order valence-electron chi connectivity index (χ0n) is 14.3. The van der Waals surface area contributed by atoms with Crippen LogP contribution >= 0.6 is 0 Å². The maximum absolute atomic E-state index is 12.4. The molecule has 1 N–H and O–H groups in total. The molecule has 0 amide bonds. The topological polar surface area (TPSA) is 55.9 Å². The van der Waals surface area contributed by atoms with Gasteiger partial charge in [-0.2, -0.15) is 12.7 Å². The smallest absolute Gasteiger partial charge is 0.279 e. The van der Waals surface area contributed by atoms with E-state index in [0.29, 0.717) is 31.5 Å². The molecule has 6 nitrogen and oxygen atoms in total. The van der Waals surface area contributed by atoms with Gasteiger partial charge in [0.2, 0.25) is 0 Å². The van der Waals surface area contributed by atoms with Crippen LogP contribution in [0.5, 0.6) is 0 Å². The van der Waals surface area contributed by atoms with Gasteiger partial charge in [0.25, 0.3) is 10.2 Å². The van der Waals surface area contributed by atoms with Gasteiger partial charge in [-0.05, 0) is 31.7 Å². The Labute approximate surface area is 136 Å². The Morgan fingerprint density at radius 3 is 2.50 bits per heavy atom. The van der Waals surface area contributed by atoms with Gasteiger partial charge in [-0.15, -0.1) is 0 Å².